The molecule has 12 heavy (non-hydrogen) atoms. The fourth-order valence-corrected chi connectivity index (χ4v) is 1.63. The molecule has 1 heterocycles. The van der Waals surface area contributed by atoms with Crippen molar-refractivity contribution in [1.82, 2.24) is 9.97 Å². The average Bonchev–Trinajstić information content (AvgIpc) is 2.41. The molecule has 3 N–H and O–H groups in total. The van der Waals surface area contributed by atoms with Crippen LogP contribution in [0.5, 0.6) is 0 Å². The molecule has 3 nitrogen and oxygen atoms in total. The van der Waals surface area contributed by atoms with Gasteiger partial charge in [-0.15, -0.1) is 0 Å². The summed E-state index contributed by atoms with van der Waals surface area (Å²) in [7, 11) is 0. The minimum atomic E-state index is 0.458. The molecule has 0 amide bonds. The summed E-state index contributed by atoms with van der Waals surface area (Å²) >= 11 is 3.41. The lowest BCUT2D eigenvalue weighted by molar-refractivity contribution is 1.35. The molecule has 0 fully saturated rings. The van der Waals surface area contributed by atoms with Gasteiger partial charge in [-0.2, -0.15) is 0 Å². The lowest BCUT2D eigenvalue weighted by Crippen LogP contribution is -1.84. The number of imidazole rings is 1. The van der Waals surface area contributed by atoms with Crippen LogP contribution in [0.3, 0.4) is 0 Å². The number of benzene rings is 1. The van der Waals surface area contributed by atoms with Gasteiger partial charge in [0.1, 0.15) is 5.52 Å². The normalized spacial score (nSPS) is 10.8. The number of nitrogens with two attached hydrogens (primary N) is 1. The SMILES string of the molecule is Cc1ccc(Br)c2nc(N)[nH]c12. The Morgan fingerprint density at radius 2 is 2.25 bits per heavy atom. The number of anilines is 1. The summed E-state index contributed by atoms with van der Waals surface area (Å²) in [6.07, 6.45) is 0. The number of nitrogens with one attached hydrogen (secondary N) is 1. The summed E-state index contributed by atoms with van der Waals surface area (Å²) in [5, 5.41) is 0. The fraction of sp³-hybridized carbons (Fsp3) is 0.125. The lowest BCUT2D eigenvalue weighted by Gasteiger charge is -1.95. The van der Waals surface area contributed by atoms with Crippen molar-refractivity contribution in [3.8, 4) is 0 Å². The van der Waals surface area contributed by atoms with Gasteiger partial charge in [-0.3, -0.25) is 0 Å². The molecule has 0 atom stereocenters. The van der Waals surface area contributed by atoms with Crippen LogP contribution in [-0.2, 0) is 0 Å². The number of nitrogen functional groups attached to an aromatic ring is 1. The Labute approximate surface area is 78.1 Å². The third-order valence-electron chi connectivity index (χ3n) is 1.82. The van der Waals surface area contributed by atoms with Crippen LogP contribution in [0.25, 0.3) is 11.0 Å². The van der Waals surface area contributed by atoms with E-state index in [1.54, 1.807) is 0 Å². The summed E-state index contributed by atoms with van der Waals surface area (Å²) in [5.74, 6) is 0.458. The van der Waals surface area contributed by atoms with E-state index < -0.39 is 0 Å². The van der Waals surface area contributed by atoms with E-state index in [1.165, 1.54) is 0 Å². The Morgan fingerprint density at radius 3 is 2.92 bits per heavy atom. The number of nitrogens with zero attached hydrogens (tertiary/aromatic N) is 1. The molecule has 0 aliphatic carbocycles. The Bertz CT molecular complexity index is 394. The van der Waals surface area contributed by atoms with E-state index >= 15 is 0 Å². The minimum Gasteiger partial charge on any atom is -0.369 e. The molecule has 4 heteroatoms. The first-order valence-electron chi connectivity index (χ1n) is 3.59. The monoisotopic (exact) mass is 225 g/mol. The maximum Gasteiger partial charge on any atom is 0.198 e. The predicted molar refractivity (Wildman–Crippen MR) is 52.9 cm³/mol. The zero-order valence-corrected chi connectivity index (χ0v) is 8.14. The summed E-state index contributed by atoms with van der Waals surface area (Å²) < 4.78 is 0.969. The molecule has 0 unspecified atom stereocenters. The number of hydrogen-bond acceptors (Lipinski definition) is 2. The molecule has 0 aliphatic heterocycles. The van der Waals surface area contributed by atoms with Crippen LogP contribution in [0.2, 0.25) is 0 Å². The summed E-state index contributed by atoms with van der Waals surface area (Å²) in [6, 6.07) is 3.99. The molecule has 0 bridgehead atoms. The van der Waals surface area contributed by atoms with Crippen LogP contribution in [0.1, 0.15) is 5.56 Å². The van der Waals surface area contributed by atoms with E-state index in [9.17, 15) is 0 Å². The van der Waals surface area contributed by atoms with Gasteiger partial charge in [0, 0.05) is 4.47 Å². The molecular formula is C8H8BrN3. The quantitative estimate of drug-likeness (QED) is 0.723. The zero-order valence-electron chi connectivity index (χ0n) is 6.56. The van der Waals surface area contributed by atoms with E-state index in [0.29, 0.717) is 5.95 Å². The Hall–Kier alpha value is -1.03. The van der Waals surface area contributed by atoms with Gasteiger partial charge in [0.2, 0.25) is 0 Å². The smallest absolute Gasteiger partial charge is 0.198 e. The van der Waals surface area contributed by atoms with Crippen molar-refractivity contribution in [3.05, 3.63) is 22.2 Å². The van der Waals surface area contributed by atoms with Crippen LogP contribution < -0.4 is 5.73 Å². The third kappa shape index (κ3) is 0.992. The van der Waals surface area contributed by atoms with E-state index in [2.05, 4.69) is 25.9 Å². The van der Waals surface area contributed by atoms with Crippen molar-refractivity contribution < 1.29 is 0 Å². The first-order chi connectivity index (χ1) is 5.68. The van der Waals surface area contributed by atoms with Gasteiger partial charge >= 0.3 is 0 Å². The highest BCUT2D eigenvalue weighted by atomic mass is 79.9. The summed E-state index contributed by atoms with van der Waals surface area (Å²) in [5.41, 5.74) is 8.59. The van der Waals surface area contributed by atoms with Gasteiger partial charge in [0.05, 0.1) is 5.52 Å². The molecule has 0 radical (unpaired) electrons. The molecule has 1 aromatic carbocycles. The van der Waals surface area contributed by atoms with Crippen LogP contribution in [0, 0.1) is 6.92 Å². The molecule has 1 aromatic heterocycles. The second-order valence-electron chi connectivity index (χ2n) is 2.71. The maximum absolute atomic E-state index is 5.54. The number of fused-ring (bicyclic) bond motifs is 1. The van der Waals surface area contributed by atoms with Crippen molar-refractivity contribution in [3.63, 3.8) is 0 Å². The molecule has 62 valence electrons. The molecular weight excluding hydrogens is 218 g/mol. The van der Waals surface area contributed by atoms with Crippen molar-refractivity contribution in [2.24, 2.45) is 0 Å². The molecule has 0 aliphatic rings. The van der Waals surface area contributed by atoms with Crippen molar-refractivity contribution >= 4 is 32.9 Å². The van der Waals surface area contributed by atoms with E-state index in [4.69, 9.17) is 5.73 Å². The van der Waals surface area contributed by atoms with Crippen LogP contribution >= 0.6 is 15.9 Å². The molecule has 0 saturated heterocycles. The number of aromatic nitrogens is 2. The largest absolute Gasteiger partial charge is 0.369 e. The molecule has 2 aromatic rings. The highest BCUT2D eigenvalue weighted by Gasteiger charge is 2.05. The Kier molecular flexibility index (Phi) is 1.58. The van der Waals surface area contributed by atoms with Gasteiger partial charge in [0.25, 0.3) is 0 Å². The second-order valence-corrected chi connectivity index (χ2v) is 3.56. The third-order valence-corrected chi connectivity index (χ3v) is 2.46. The second kappa shape index (κ2) is 2.48. The first-order valence-corrected chi connectivity index (χ1v) is 4.38. The van der Waals surface area contributed by atoms with Gasteiger partial charge in [-0.1, -0.05) is 6.07 Å². The molecule has 0 saturated carbocycles. The predicted octanol–water partition coefficient (Wildman–Crippen LogP) is 2.22. The summed E-state index contributed by atoms with van der Waals surface area (Å²) in [6.45, 7) is 2.02. The first kappa shape index (κ1) is 7.61. The van der Waals surface area contributed by atoms with Gasteiger partial charge in [0.15, 0.2) is 5.95 Å². The number of aromatic amines is 1. The van der Waals surface area contributed by atoms with Crippen molar-refractivity contribution in [1.29, 1.82) is 0 Å². The zero-order chi connectivity index (χ0) is 8.72. The number of halogens is 1. The highest BCUT2D eigenvalue weighted by Crippen LogP contribution is 2.24. The van der Waals surface area contributed by atoms with E-state index in [1.807, 2.05) is 19.1 Å². The van der Waals surface area contributed by atoms with Crippen LogP contribution in [0.4, 0.5) is 5.95 Å². The number of H-pyrrole nitrogens is 1. The van der Waals surface area contributed by atoms with Crippen molar-refractivity contribution in [2.75, 3.05) is 5.73 Å². The topological polar surface area (TPSA) is 54.7 Å². The molecule has 2 rings (SSSR count). The van der Waals surface area contributed by atoms with Crippen molar-refractivity contribution in [2.45, 2.75) is 6.92 Å². The summed E-state index contributed by atoms with van der Waals surface area (Å²) in [4.78, 5) is 7.15. The maximum atomic E-state index is 5.54. The Morgan fingerprint density at radius 1 is 1.50 bits per heavy atom. The number of hydrogen-bond donors (Lipinski definition) is 2. The fourth-order valence-electron chi connectivity index (χ4n) is 1.21. The standard InChI is InChI=1S/C8H8BrN3/c1-4-2-3-5(9)7-6(4)11-8(10)12-7/h2-3H,1H3,(H3,10,11,12). The van der Waals surface area contributed by atoms with Gasteiger partial charge < -0.3 is 10.7 Å². The average molecular weight is 226 g/mol. The van der Waals surface area contributed by atoms with E-state index in [-0.39, 0.29) is 0 Å². The number of rotatable bonds is 0. The van der Waals surface area contributed by atoms with E-state index in [0.717, 1.165) is 21.1 Å². The minimum absolute atomic E-state index is 0.458. The van der Waals surface area contributed by atoms with Crippen LogP contribution in [0.15, 0.2) is 16.6 Å². The Balaban J connectivity index is 2.93. The number of aryl methyl sites for hydroxylation is 1. The van der Waals surface area contributed by atoms with Crippen LogP contribution in [-0.4, -0.2) is 9.97 Å². The highest BCUT2D eigenvalue weighted by molar-refractivity contribution is 9.10. The molecule has 0 spiro atoms. The lowest BCUT2D eigenvalue weighted by atomic mass is 10.2. The van der Waals surface area contributed by atoms with Gasteiger partial charge in [-0.05, 0) is 34.5 Å². The van der Waals surface area contributed by atoms with Gasteiger partial charge in [-0.25, -0.2) is 4.98 Å².